The SMILES string of the molecule is CCn1cc(C(=O)C2(N)CCCC(C)C2)cn1. The van der Waals surface area contributed by atoms with Gasteiger partial charge in [0.25, 0.3) is 0 Å². The summed E-state index contributed by atoms with van der Waals surface area (Å²) in [4.78, 5) is 12.4. The topological polar surface area (TPSA) is 60.9 Å². The first-order chi connectivity index (χ1) is 8.05. The standard InChI is InChI=1S/C13H21N3O/c1-3-16-9-11(8-15-16)12(17)13(14)6-4-5-10(2)7-13/h8-10H,3-7,14H2,1-2H3. The molecule has 94 valence electrons. The lowest BCUT2D eigenvalue weighted by Crippen LogP contribution is -2.50. The Morgan fingerprint density at radius 1 is 1.71 bits per heavy atom. The van der Waals surface area contributed by atoms with Gasteiger partial charge in [-0.2, -0.15) is 5.10 Å². The molecule has 2 N–H and O–H groups in total. The van der Waals surface area contributed by atoms with Gasteiger partial charge in [0.05, 0.1) is 17.3 Å². The summed E-state index contributed by atoms with van der Waals surface area (Å²) in [7, 11) is 0. The Morgan fingerprint density at radius 3 is 3.06 bits per heavy atom. The lowest BCUT2D eigenvalue weighted by atomic mass is 9.73. The third-order valence-electron chi connectivity index (χ3n) is 3.70. The number of carbonyl (C=O) groups is 1. The molecule has 0 bridgehead atoms. The number of nitrogens with two attached hydrogens (primary N) is 1. The summed E-state index contributed by atoms with van der Waals surface area (Å²) in [5.41, 5.74) is 6.28. The van der Waals surface area contributed by atoms with Gasteiger partial charge < -0.3 is 5.73 Å². The molecule has 2 unspecified atom stereocenters. The van der Waals surface area contributed by atoms with Gasteiger partial charge in [-0.3, -0.25) is 9.48 Å². The van der Waals surface area contributed by atoms with E-state index in [1.807, 2.05) is 6.92 Å². The molecule has 1 saturated carbocycles. The van der Waals surface area contributed by atoms with Gasteiger partial charge in [-0.25, -0.2) is 0 Å². The van der Waals surface area contributed by atoms with Gasteiger partial charge in [0.1, 0.15) is 0 Å². The Bertz CT molecular complexity index is 413. The van der Waals surface area contributed by atoms with Crippen LogP contribution in [0.25, 0.3) is 0 Å². The lowest BCUT2D eigenvalue weighted by Gasteiger charge is -2.35. The summed E-state index contributed by atoms with van der Waals surface area (Å²) in [6.45, 7) is 4.95. The number of Topliss-reactive ketones (excluding diaryl/α,β-unsaturated/α-hetero) is 1. The Labute approximate surface area is 102 Å². The first kappa shape index (κ1) is 12.3. The number of aryl methyl sites for hydroxylation is 1. The Balaban J connectivity index is 2.18. The second-order valence-electron chi connectivity index (χ2n) is 5.27. The number of aromatic nitrogens is 2. The molecule has 17 heavy (non-hydrogen) atoms. The molecule has 0 spiro atoms. The van der Waals surface area contributed by atoms with Crippen LogP contribution in [0, 0.1) is 5.92 Å². The van der Waals surface area contributed by atoms with Crippen molar-refractivity contribution in [1.82, 2.24) is 9.78 Å². The molecule has 0 aliphatic heterocycles. The van der Waals surface area contributed by atoms with Crippen molar-refractivity contribution in [3.63, 3.8) is 0 Å². The molecule has 1 aromatic rings. The summed E-state index contributed by atoms with van der Waals surface area (Å²) in [6, 6.07) is 0. The van der Waals surface area contributed by atoms with Crippen LogP contribution in [0.15, 0.2) is 12.4 Å². The maximum absolute atomic E-state index is 12.4. The smallest absolute Gasteiger partial charge is 0.185 e. The van der Waals surface area contributed by atoms with Crippen molar-refractivity contribution in [1.29, 1.82) is 0 Å². The zero-order valence-electron chi connectivity index (χ0n) is 10.6. The number of carbonyl (C=O) groups excluding carboxylic acids is 1. The maximum Gasteiger partial charge on any atom is 0.185 e. The van der Waals surface area contributed by atoms with E-state index in [0.29, 0.717) is 11.5 Å². The fourth-order valence-electron chi connectivity index (χ4n) is 2.74. The summed E-state index contributed by atoms with van der Waals surface area (Å²) in [5.74, 6) is 0.600. The molecule has 0 radical (unpaired) electrons. The third kappa shape index (κ3) is 2.41. The van der Waals surface area contributed by atoms with Crippen LogP contribution in [0.3, 0.4) is 0 Å². The van der Waals surface area contributed by atoms with Gasteiger partial charge in [-0.1, -0.05) is 19.8 Å². The van der Waals surface area contributed by atoms with Crippen LogP contribution in [-0.2, 0) is 6.54 Å². The van der Waals surface area contributed by atoms with Crippen molar-refractivity contribution < 1.29 is 4.79 Å². The van der Waals surface area contributed by atoms with Gasteiger partial charge in [0.2, 0.25) is 0 Å². The van der Waals surface area contributed by atoms with Crippen LogP contribution in [0.1, 0.15) is 49.9 Å². The quantitative estimate of drug-likeness (QED) is 0.815. The van der Waals surface area contributed by atoms with Crippen LogP contribution in [0.4, 0.5) is 0 Å². The Hall–Kier alpha value is -1.16. The van der Waals surface area contributed by atoms with Crippen molar-refractivity contribution >= 4 is 5.78 Å². The zero-order chi connectivity index (χ0) is 12.5. The average Bonchev–Trinajstić information content (AvgIpc) is 2.76. The number of hydrogen-bond donors (Lipinski definition) is 1. The molecule has 2 rings (SSSR count). The predicted molar refractivity (Wildman–Crippen MR) is 66.8 cm³/mol. The largest absolute Gasteiger partial charge is 0.319 e. The molecule has 4 heteroatoms. The van der Waals surface area contributed by atoms with Gasteiger partial charge in [-0.05, 0) is 25.7 Å². The average molecular weight is 235 g/mol. The van der Waals surface area contributed by atoms with Crippen LogP contribution < -0.4 is 5.73 Å². The van der Waals surface area contributed by atoms with E-state index in [9.17, 15) is 4.79 Å². The van der Waals surface area contributed by atoms with Gasteiger partial charge in [0, 0.05) is 12.7 Å². The molecule has 0 amide bonds. The lowest BCUT2D eigenvalue weighted by molar-refractivity contribution is 0.0819. The molecule has 2 atom stereocenters. The highest BCUT2D eigenvalue weighted by atomic mass is 16.1. The van der Waals surface area contributed by atoms with Crippen LogP contribution >= 0.6 is 0 Å². The molecular formula is C13H21N3O. The fraction of sp³-hybridized carbons (Fsp3) is 0.692. The number of rotatable bonds is 3. The molecule has 4 nitrogen and oxygen atoms in total. The van der Waals surface area contributed by atoms with E-state index < -0.39 is 5.54 Å². The molecule has 1 aliphatic carbocycles. The number of nitrogens with zero attached hydrogens (tertiary/aromatic N) is 2. The molecular weight excluding hydrogens is 214 g/mol. The second kappa shape index (κ2) is 4.61. The first-order valence-electron chi connectivity index (χ1n) is 6.41. The Morgan fingerprint density at radius 2 is 2.47 bits per heavy atom. The highest BCUT2D eigenvalue weighted by Crippen LogP contribution is 2.32. The normalized spacial score (nSPS) is 29.2. The van der Waals surface area contributed by atoms with Crippen LogP contribution in [0.2, 0.25) is 0 Å². The van der Waals surface area contributed by atoms with E-state index in [0.717, 1.165) is 25.8 Å². The van der Waals surface area contributed by atoms with Crippen molar-refractivity contribution in [2.24, 2.45) is 11.7 Å². The molecule has 1 fully saturated rings. The van der Waals surface area contributed by atoms with E-state index in [-0.39, 0.29) is 5.78 Å². The van der Waals surface area contributed by atoms with E-state index in [1.54, 1.807) is 17.1 Å². The minimum atomic E-state index is -0.667. The van der Waals surface area contributed by atoms with Crippen molar-refractivity contribution in [2.75, 3.05) is 0 Å². The number of ketones is 1. The fourth-order valence-corrected chi connectivity index (χ4v) is 2.74. The van der Waals surface area contributed by atoms with Crippen molar-refractivity contribution in [2.45, 2.75) is 51.6 Å². The van der Waals surface area contributed by atoms with Crippen LogP contribution in [-0.4, -0.2) is 21.1 Å². The third-order valence-corrected chi connectivity index (χ3v) is 3.70. The minimum absolute atomic E-state index is 0.0590. The van der Waals surface area contributed by atoms with Crippen LogP contribution in [0.5, 0.6) is 0 Å². The molecule has 0 saturated heterocycles. The highest BCUT2D eigenvalue weighted by Gasteiger charge is 2.38. The van der Waals surface area contributed by atoms with Crippen molar-refractivity contribution in [3.8, 4) is 0 Å². The zero-order valence-corrected chi connectivity index (χ0v) is 10.6. The van der Waals surface area contributed by atoms with Gasteiger partial charge in [-0.15, -0.1) is 0 Å². The molecule has 0 aromatic carbocycles. The minimum Gasteiger partial charge on any atom is -0.319 e. The van der Waals surface area contributed by atoms with Gasteiger partial charge in [0.15, 0.2) is 5.78 Å². The second-order valence-corrected chi connectivity index (χ2v) is 5.27. The van der Waals surface area contributed by atoms with E-state index in [4.69, 9.17) is 5.73 Å². The van der Waals surface area contributed by atoms with E-state index in [1.165, 1.54) is 6.42 Å². The van der Waals surface area contributed by atoms with Gasteiger partial charge >= 0.3 is 0 Å². The summed E-state index contributed by atoms with van der Waals surface area (Å²) in [6.07, 6.45) is 7.26. The van der Waals surface area contributed by atoms with E-state index in [2.05, 4.69) is 12.0 Å². The maximum atomic E-state index is 12.4. The number of hydrogen-bond acceptors (Lipinski definition) is 3. The predicted octanol–water partition coefficient (Wildman–Crippen LogP) is 1.99. The molecule has 1 heterocycles. The summed E-state index contributed by atoms with van der Waals surface area (Å²) >= 11 is 0. The molecule has 1 aliphatic rings. The molecule has 1 aromatic heterocycles. The highest BCUT2D eigenvalue weighted by molar-refractivity contribution is 6.02. The summed E-state index contributed by atoms with van der Waals surface area (Å²) < 4.78 is 1.77. The monoisotopic (exact) mass is 235 g/mol. The van der Waals surface area contributed by atoms with E-state index >= 15 is 0 Å². The summed E-state index contributed by atoms with van der Waals surface area (Å²) in [5, 5.41) is 4.14. The van der Waals surface area contributed by atoms with Crippen molar-refractivity contribution in [3.05, 3.63) is 18.0 Å². The first-order valence-corrected chi connectivity index (χ1v) is 6.41. The Kier molecular flexibility index (Phi) is 3.33.